The Morgan fingerprint density at radius 3 is 2.51 bits per heavy atom. The highest BCUT2D eigenvalue weighted by molar-refractivity contribution is 6.32. The number of carbonyl (C=O) groups excluding carboxylic acids is 1. The van der Waals surface area contributed by atoms with Crippen LogP contribution in [0.3, 0.4) is 0 Å². The van der Waals surface area contributed by atoms with Crippen molar-refractivity contribution >= 4 is 46.6 Å². The fourth-order valence-electron chi connectivity index (χ4n) is 3.08. The number of anilines is 1. The van der Waals surface area contributed by atoms with Crippen LogP contribution in [0.5, 0.6) is 11.5 Å². The van der Waals surface area contributed by atoms with Crippen LogP contribution in [0, 0.1) is 21.4 Å². The van der Waals surface area contributed by atoms with E-state index >= 15 is 0 Å². The number of nitro benzene ring substituents is 1. The largest absolute Gasteiger partial charge is 0.490 e. The van der Waals surface area contributed by atoms with Gasteiger partial charge in [0.25, 0.3) is 11.6 Å². The molecule has 0 saturated carbocycles. The van der Waals surface area contributed by atoms with Gasteiger partial charge in [0, 0.05) is 16.7 Å². The van der Waals surface area contributed by atoms with Gasteiger partial charge < -0.3 is 14.8 Å². The van der Waals surface area contributed by atoms with Crippen molar-refractivity contribution in [3.8, 4) is 17.6 Å². The van der Waals surface area contributed by atoms with E-state index in [1.807, 2.05) is 24.3 Å². The fourth-order valence-corrected chi connectivity index (χ4v) is 3.55. The minimum atomic E-state index is -0.810. The first kappa shape index (κ1) is 25.6. The van der Waals surface area contributed by atoms with Crippen molar-refractivity contribution in [2.24, 2.45) is 0 Å². The van der Waals surface area contributed by atoms with Crippen LogP contribution in [-0.2, 0) is 11.4 Å². The summed E-state index contributed by atoms with van der Waals surface area (Å²) in [5.41, 5.74) is 0.555. The highest BCUT2D eigenvalue weighted by atomic mass is 35.5. The first-order valence-electron chi connectivity index (χ1n) is 10.3. The lowest BCUT2D eigenvalue weighted by Gasteiger charge is -2.15. The second-order valence-electron chi connectivity index (χ2n) is 7.04. The van der Waals surface area contributed by atoms with Gasteiger partial charge >= 0.3 is 0 Å². The van der Waals surface area contributed by atoms with E-state index in [-0.39, 0.29) is 34.3 Å². The Balaban J connectivity index is 1.88. The van der Waals surface area contributed by atoms with Crippen molar-refractivity contribution in [3.63, 3.8) is 0 Å². The van der Waals surface area contributed by atoms with Crippen molar-refractivity contribution in [2.45, 2.75) is 13.5 Å². The average Bonchev–Trinajstić information content (AvgIpc) is 2.83. The third-order valence-electron chi connectivity index (χ3n) is 4.69. The van der Waals surface area contributed by atoms with Crippen LogP contribution >= 0.6 is 23.2 Å². The predicted molar refractivity (Wildman–Crippen MR) is 134 cm³/mol. The number of nitrogens with one attached hydrogen (secondary N) is 1. The molecule has 0 heterocycles. The summed E-state index contributed by atoms with van der Waals surface area (Å²) in [7, 11) is 0. The molecule has 10 heteroatoms. The number of rotatable bonds is 9. The average molecular weight is 512 g/mol. The summed E-state index contributed by atoms with van der Waals surface area (Å²) in [6.07, 6.45) is 1.30. The zero-order chi connectivity index (χ0) is 25.4. The van der Waals surface area contributed by atoms with E-state index < -0.39 is 10.8 Å². The molecule has 178 valence electrons. The Bertz CT molecular complexity index is 1330. The fraction of sp³-hybridized carbons (Fsp3) is 0.120. The SMILES string of the molecule is CCOc1cc(/C=C(\C#N)C(=O)Nc2ccccc2[N+](=O)[O-])cc(Cl)c1OCc1ccccc1Cl. The maximum atomic E-state index is 12.7. The van der Waals surface area contributed by atoms with Crippen molar-refractivity contribution in [3.05, 3.63) is 97.5 Å². The maximum Gasteiger partial charge on any atom is 0.292 e. The van der Waals surface area contributed by atoms with Gasteiger partial charge in [-0.15, -0.1) is 0 Å². The monoisotopic (exact) mass is 511 g/mol. The van der Waals surface area contributed by atoms with Gasteiger partial charge in [-0.2, -0.15) is 5.26 Å². The number of hydrogen-bond donors (Lipinski definition) is 1. The van der Waals surface area contributed by atoms with Crippen LogP contribution in [0.25, 0.3) is 6.08 Å². The molecule has 0 fully saturated rings. The van der Waals surface area contributed by atoms with Gasteiger partial charge in [-0.3, -0.25) is 14.9 Å². The smallest absolute Gasteiger partial charge is 0.292 e. The van der Waals surface area contributed by atoms with Crippen LogP contribution in [0.4, 0.5) is 11.4 Å². The Kier molecular flexibility index (Phi) is 8.68. The first-order valence-corrected chi connectivity index (χ1v) is 11.1. The zero-order valence-corrected chi connectivity index (χ0v) is 20.0. The van der Waals surface area contributed by atoms with Gasteiger partial charge in [0.05, 0.1) is 16.6 Å². The molecule has 1 N–H and O–H groups in total. The molecule has 0 saturated heterocycles. The summed E-state index contributed by atoms with van der Waals surface area (Å²) >= 11 is 12.6. The second-order valence-corrected chi connectivity index (χ2v) is 7.86. The van der Waals surface area contributed by atoms with Gasteiger partial charge in [0.15, 0.2) is 11.5 Å². The van der Waals surface area contributed by atoms with Gasteiger partial charge in [-0.05, 0) is 42.8 Å². The van der Waals surface area contributed by atoms with Crippen molar-refractivity contribution in [1.82, 2.24) is 0 Å². The molecular formula is C25H19Cl2N3O5. The third kappa shape index (κ3) is 6.51. The highest BCUT2D eigenvalue weighted by Crippen LogP contribution is 2.38. The molecule has 1 amide bonds. The van der Waals surface area contributed by atoms with Crippen LogP contribution in [-0.4, -0.2) is 17.4 Å². The molecule has 0 aliphatic heterocycles. The summed E-state index contributed by atoms with van der Waals surface area (Å²) in [5, 5.41) is 23.9. The number of nitro groups is 1. The normalized spacial score (nSPS) is 10.9. The molecule has 3 aromatic rings. The van der Waals surface area contributed by atoms with Gasteiger partial charge in [0.1, 0.15) is 23.9 Å². The molecule has 3 rings (SSSR count). The molecule has 3 aromatic carbocycles. The number of ether oxygens (including phenoxy) is 2. The van der Waals surface area contributed by atoms with Gasteiger partial charge in [0.2, 0.25) is 0 Å². The number of nitrogens with zero attached hydrogens (tertiary/aromatic N) is 2. The minimum Gasteiger partial charge on any atom is -0.490 e. The van der Waals surface area contributed by atoms with Crippen LogP contribution in [0.15, 0.2) is 66.2 Å². The Hall–Kier alpha value is -4.06. The molecule has 0 bridgehead atoms. The molecule has 0 unspecified atom stereocenters. The van der Waals surface area contributed by atoms with Crippen LogP contribution in [0.1, 0.15) is 18.1 Å². The van der Waals surface area contributed by atoms with E-state index in [0.29, 0.717) is 22.9 Å². The first-order chi connectivity index (χ1) is 16.8. The minimum absolute atomic E-state index is 0.0278. The lowest BCUT2D eigenvalue weighted by atomic mass is 10.1. The molecule has 0 aromatic heterocycles. The van der Waals surface area contributed by atoms with E-state index in [1.54, 1.807) is 19.1 Å². The maximum absolute atomic E-state index is 12.7. The second kappa shape index (κ2) is 11.9. The number of halogens is 2. The van der Waals surface area contributed by atoms with Crippen molar-refractivity contribution < 1.29 is 19.2 Å². The number of carbonyl (C=O) groups is 1. The van der Waals surface area contributed by atoms with E-state index in [1.165, 1.54) is 36.4 Å². The molecule has 35 heavy (non-hydrogen) atoms. The van der Waals surface area contributed by atoms with Crippen LogP contribution < -0.4 is 14.8 Å². The van der Waals surface area contributed by atoms with E-state index in [4.69, 9.17) is 32.7 Å². The Morgan fingerprint density at radius 1 is 1.11 bits per heavy atom. The summed E-state index contributed by atoms with van der Waals surface area (Å²) in [4.78, 5) is 23.2. The summed E-state index contributed by atoms with van der Waals surface area (Å²) in [6, 6.07) is 17.7. The zero-order valence-electron chi connectivity index (χ0n) is 18.5. The lowest BCUT2D eigenvalue weighted by Crippen LogP contribution is -2.14. The Labute approximate surface area is 211 Å². The molecule has 0 spiro atoms. The standard InChI is InChI=1S/C25H19Cl2N3O5/c1-2-34-23-13-16(12-20(27)24(23)35-15-17-7-3-4-8-19(17)26)11-18(14-28)25(31)29-21-9-5-6-10-22(21)30(32)33/h3-13H,2,15H2,1H3,(H,29,31)/b18-11+. The van der Waals surface area contributed by atoms with Gasteiger partial charge in [-0.1, -0.05) is 53.5 Å². The number of hydrogen-bond acceptors (Lipinski definition) is 6. The van der Waals surface area contributed by atoms with Crippen molar-refractivity contribution in [1.29, 1.82) is 5.26 Å². The lowest BCUT2D eigenvalue weighted by molar-refractivity contribution is -0.383. The molecule has 0 atom stereocenters. The molecule has 0 aliphatic carbocycles. The molecule has 0 aliphatic rings. The Morgan fingerprint density at radius 2 is 1.83 bits per heavy atom. The molecule has 0 radical (unpaired) electrons. The van der Waals surface area contributed by atoms with Crippen molar-refractivity contribution in [2.75, 3.05) is 11.9 Å². The van der Waals surface area contributed by atoms with E-state index in [9.17, 15) is 20.2 Å². The number of amides is 1. The topological polar surface area (TPSA) is 114 Å². The molecule has 8 nitrogen and oxygen atoms in total. The predicted octanol–water partition coefficient (Wildman–Crippen LogP) is 6.42. The summed E-state index contributed by atoms with van der Waals surface area (Å²) in [6.45, 7) is 2.25. The summed E-state index contributed by atoms with van der Waals surface area (Å²) in [5.74, 6) is -0.210. The number of nitriles is 1. The van der Waals surface area contributed by atoms with E-state index in [2.05, 4.69) is 5.32 Å². The number of benzene rings is 3. The number of para-hydroxylation sites is 2. The van der Waals surface area contributed by atoms with Gasteiger partial charge in [-0.25, -0.2) is 0 Å². The third-order valence-corrected chi connectivity index (χ3v) is 5.34. The van der Waals surface area contributed by atoms with Crippen LogP contribution in [0.2, 0.25) is 10.0 Å². The molecular weight excluding hydrogens is 493 g/mol. The summed E-state index contributed by atoms with van der Waals surface area (Å²) < 4.78 is 11.5. The quantitative estimate of drug-likeness (QED) is 0.153. The highest BCUT2D eigenvalue weighted by Gasteiger charge is 2.18. The van der Waals surface area contributed by atoms with E-state index in [0.717, 1.165) is 5.56 Å².